The summed E-state index contributed by atoms with van der Waals surface area (Å²) in [6.45, 7) is 4.57. The molecule has 2 fully saturated rings. The van der Waals surface area contributed by atoms with Crippen molar-refractivity contribution >= 4 is 27.9 Å². The molecule has 5 aromatic rings. The molecule has 7 heteroatoms. The van der Waals surface area contributed by atoms with Gasteiger partial charge in [0.2, 0.25) is 5.89 Å². The van der Waals surface area contributed by atoms with Gasteiger partial charge in [0.15, 0.2) is 5.58 Å². The summed E-state index contributed by atoms with van der Waals surface area (Å²) in [4.78, 5) is 24.9. The van der Waals surface area contributed by atoms with Crippen molar-refractivity contribution in [2.45, 2.75) is 31.7 Å². The van der Waals surface area contributed by atoms with E-state index in [1.165, 1.54) is 19.5 Å². The molecule has 1 saturated heterocycles. The van der Waals surface area contributed by atoms with Crippen LogP contribution in [-0.4, -0.2) is 48.0 Å². The number of hydrogen-bond acceptors (Lipinski definition) is 6. The molecule has 1 saturated carbocycles. The molecule has 2 aliphatic rings. The first-order valence-corrected chi connectivity index (χ1v) is 13.4. The van der Waals surface area contributed by atoms with Crippen molar-refractivity contribution in [2.24, 2.45) is 0 Å². The number of ether oxygens (including phenoxy) is 1. The monoisotopic (exact) mass is 520 g/mol. The molecule has 7 rings (SSSR count). The minimum Gasteiger partial charge on any atom is -0.497 e. The number of benzene rings is 3. The van der Waals surface area contributed by atoms with Gasteiger partial charge in [-0.3, -0.25) is 9.78 Å². The van der Waals surface area contributed by atoms with Gasteiger partial charge in [-0.2, -0.15) is 0 Å². The Morgan fingerprint density at radius 2 is 1.82 bits per heavy atom. The van der Waals surface area contributed by atoms with Gasteiger partial charge in [0.05, 0.1) is 18.2 Å². The van der Waals surface area contributed by atoms with E-state index in [4.69, 9.17) is 9.15 Å². The molecule has 7 nitrogen and oxygen atoms in total. The van der Waals surface area contributed by atoms with Crippen molar-refractivity contribution in [2.75, 3.05) is 27.2 Å². The van der Waals surface area contributed by atoms with E-state index >= 15 is 0 Å². The van der Waals surface area contributed by atoms with E-state index in [-0.39, 0.29) is 5.91 Å². The van der Waals surface area contributed by atoms with Gasteiger partial charge in [-0.25, -0.2) is 4.98 Å². The van der Waals surface area contributed by atoms with E-state index < -0.39 is 5.54 Å². The van der Waals surface area contributed by atoms with Gasteiger partial charge in [0.1, 0.15) is 11.3 Å². The maximum atomic E-state index is 13.4. The number of aryl methyl sites for hydroxylation is 1. The van der Waals surface area contributed by atoms with E-state index in [9.17, 15) is 4.79 Å². The highest BCUT2D eigenvalue weighted by Gasteiger charge is 2.47. The lowest BCUT2D eigenvalue weighted by atomic mass is 9.95. The van der Waals surface area contributed by atoms with Crippen LogP contribution < -0.4 is 10.1 Å². The standard InChI is InChI=1S/C28H23N3O3.C4H9N/c1-17-9-10-19(33-2)16-21(17)26(32)31-28(11-12-28)22-14-18(15-24-20(22)6-5-13-29-24)27-30-23-7-3-4-8-25(23)34-27;1-5-3-2-4-5/h3-10,13-16H,11-12H2,1-2H3,(H,31,32);2-4H2,1H3. The molecule has 0 unspecified atom stereocenters. The number of carbonyl (C=O) groups is 1. The van der Waals surface area contributed by atoms with Crippen molar-refractivity contribution in [1.82, 2.24) is 20.2 Å². The summed E-state index contributed by atoms with van der Waals surface area (Å²) in [6.07, 6.45) is 4.89. The van der Waals surface area contributed by atoms with Gasteiger partial charge in [-0.05, 0) is 99.9 Å². The molecule has 1 amide bonds. The normalized spacial score (nSPS) is 15.8. The third-order valence-electron chi connectivity index (χ3n) is 7.65. The van der Waals surface area contributed by atoms with E-state index in [1.54, 1.807) is 19.4 Å². The number of rotatable bonds is 5. The van der Waals surface area contributed by atoms with Crippen LogP contribution in [0.1, 0.15) is 40.7 Å². The summed E-state index contributed by atoms with van der Waals surface area (Å²) in [6, 6.07) is 21.3. The van der Waals surface area contributed by atoms with E-state index in [0.29, 0.717) is 17.2 Å². The third-order valence-corrected chi connectivity index (χ3v) is 7.65. The van der Waals surface area contributed by atoms with Crippen molar-refractivity contribution in [1.29, 1.82) is 0 Å². The predicted molar refractivity (Wildman–Crippen MR) is 153 cm³/mol. The zero-order chi connectivity index (χ0) is 27.0. The number of methoxy groups -OCH3 is 1. The Kier molecular flexibility index (Phi) is 6.53. The van der Waals surface area contributed by atoms with Crippen LogP contribution in [0.25, 0.3) is 33.5 Å². The van der Waals surface area contributed by atoms with Crippen LogP contribution in [0.2, 0.25) is 0 Å². The van der Waals surface area contributed by atoms with Gasteiger partial charge in [0.25, 0.3) is 5.91 Å². The number of fused-ring (bicyclic) bond motifs is 2. The molecule has 3 aromatic carbocycles. The number of likely N-dealkylation sites (tertiary alicyclic amines) is 1. The maximum absolute atomic E-state index is 13.4. The summed E-state index contributed by atoms with van der Waals surface area (Å²) < 4.78 is 11.4. The van der Waals surface area contributed by atoms with E-state index in [2.05, 4.69) is 39.4 Å². The zero-order valence-electron chi connectivity index (χ0n) is 22.5. The van der Waals surface area contributed by atoms with Crippen molar-refractivity contribution in [3.63, 3.8) is 0 Å². The minimum absolute atomic E-state index is 0.113. The fourth-order valence-corrected chi connectivity index (χ4v) is 5.02. The number of amides is 1. The van der Waals surface area contributed by atoms with Crippen LogP contribution in [-0.2, 0) is 5.54 Å². The highest BCUT2D eigenvalue weighted by Crippen LogP contribution is 2.49. The van der Waals surface area contributed by atoms with Crippen LogP contribution in [0.3, 0.4) is 0 Å². The van der Waals surface area contributed by atoms with Crippen LogP contribution in [0, 0.1) is 6.92 Å². The minimum atomic E-state index is -0.462. The van der Waals surface area contributed by atoms with Crippen molar-refractivity contribution < 1.29 is 13.9 Å². The topological polar surface area (TPSA) is 80.5 Å². The number of hydrogen-bond donors (Lipinski definition) is 1. The second kappa shape index (κ2) is 10.2. The molecule has 0 spiro atoms. The Morgan fingerprint density at radius 1 is 1.03 bits per heavy atom. The first-order chi connectivity index (χ1) is 19.0. The number of para-hydroxylation sites is 2. The average Bonchev–Trinajstić information content (AvgIpc) is 3.59. The van der Waals surface area contributed by atoms with Gasteiger partial charge < -0.3 is 19.4 Å². The zero-order valence-corrected chi connectivity index (χ0v) is 22.5. The molecule has 0 bridgehead atoms. The Morgan fingerprint density at radius 3 is 2.51 bits per heavy atom. The summed E-state index contributed by atoms with van der Waals surface area (Å²) in [7, 11) is 3.75. The Hall–Kier alpha value is -4.23. The number of nitrogens with zero attached hydrogens (tertiary/aromatic N) is 3. The number of aromatic nitrogens is 2. The fourth-order valence-electron chi connectivity index (χ4n) is 5.02. The molecular formula is C32H32N4O3. The average molecular weight is 521 g/mol. The van der Waals surface area contributed by atoms with E-state index in [0.717, 1.165) is 51.5 Å². The van der Waals surface area contributed by atoms with Crippen LogP contribution in [0.4, 0.5) is 0 Å². The lowest BCUT2D eigenvalue weighted by molar-refractivity contribution is 0.0930. The molecule has 0 radical (unpaired) electrons. The molecular weight excluding hydrogens is 488 g/mol. The van der Waals surface area contributed by atoms with Gasteiger partial charge in [-0.15, -0.1) is 0 Å². The fraction of sp³-hybridized carbons (Fsp3) is 0.281. The lowest BCUT2D eigenvalue weighted by Gasteiger charge is -2.24. The highest BCUT2D eigenvalue weighted by atomic mass is 16.5. The lowest BCUT2D eigenvalue weighted by Crippen LogP contribution is -2.35. The quantitative estimate of drug-likeness (QED) is 0.302. The van der Waals surface area contributed by atoms with E-state index in [1.807, 2.05) is 55.5 Å². The second-order valence-corrected chi connectivity index (χ2v) is 10.5. The molecule has 198 valence electrons. The Labute approximate surface area is 227 Å². The summed E-state index contributed by atoms with van der Waals surface area (Å²) >= 11 is 0. The van der Waals surface area contributed by atoms with Crippen LogP contribution in [0.15, 0.2) is 77.3 Å². The maximum Gasteiger partial charge on any atom is 0.252 e. The third kappa shape index (κ3) is 4.98. The first kappa shape index (κ1) is 25.1. The van der Waals surface area contributed by atoms with Gasteiger partial charge in [-0.1, -0.05) is 24.3 Å². The predicted octanol–water partition coefficient (Wildman–Crippen LogP) is 6.10. The van der Waals surface area contributed by atoms with Crippen LogP contribution in [0.5, 0.6) is 5.75 Å². The highest BCUT2D eigenvalue weighted by molar-refractivity contribution is 5.98. The SMILES string of the molecule is CN1CCC1.COc1ccc(C)c(C(=O)NC2(c3cc(-c4nc5ccccc5o4)cc4ncccc34)CC2)c1. The largest absolute Gasteiger partial charge is 0.497 e. The molecule has 1 aliphatic carbocycles. The Balaban J connectivity index is 0.000000500. The summed E-state index contributed by atoms with van der Waals surface area (Å²) in [5.41, 5.74) is 5.32. The molecule has 2 aromatic heterocycles. The number of oxazole rings is 1. The molecule has 0 atom stereocenters. The molecule has 3 heterocycles. The molecule has 1 aliphatic heterocycles. The first-order valence-electron chi connectivity index (χ1n) is 13.4. The molecule has 1 N–H and O–H groups in total. The number of nitrogens with one attached hydrogen (secondary N) is 1. The smallest absolute Gasteiger partial charge is 0.252 e. The van der Waals surface area contributed by atoms with Crippen LogP contribution >= 0.6 is 0 Å². The van der Waals surface area contributed by atoms with Crippen molar-refractivity contribution in [3.05, 3.63) is 89.6 Å². The second-order valence-electron chi connectivity index (χ2n) is 10.5. The number of carbonyl (C=O) groups excluding carboxylic acids is 1. The van der Waals surface area contributed by atoms with Gasteiger partial charge in [0, 0.05) is 22.7 Å². The Bertz CT molecular complexity index is 1630. The summed E-state index contributed by atoms with van der Waals surface area (Å²) in [5, 5.41) is 4.33. The summed E-state index contributed by atoms with van der Waals surface area (Å²) in [5.74, 6) is 1.09. The number of pyridine rings is 1. The van der Waals surface area contributed by atoms with Gasteiger partial charge >= 0.3 is 0 Å². The molecule has 39 heavy (non-hydrogen) atoms. The van der Waals surface area contributed by atoms with Crippen molar-refractivity contribution in [3.8, 4) is 17.2 Å².